The van der Waals surface area contributed by atoms with Crippen LogP contribution in [0.25, 0.3) is 0 Å². The number of allylic oxidation sites excluding steroid dienone is 4. The average molecular weight is 190 g/mol. The van der Waals surface area contributed by atoms with E-state index in [-0.39, 0.29) is 22.4 Å². The molecule has 0 saturated heterocycles. The Bertz CT molecular complexity index is 368. The van der Waals surface area contributed by atoms with Gasteiger partial charge in [0, 0.05) is 22.0 Å². The maximum atomic E-state index is 11.6. The van der Waals surface area contributed by atoms with Gasteiger partial charge in [0.1, 0.15) is 0 Å². The van der Waals surface area contributed by atoms with Crippen molar-refractivity contribution in [1.29, 1.82) is 0 Å². The van der Waals surface area contributed by atoms with Gasteiger partial charge in [-0.15, -0.1) is 0 Å². The molecule has 74 valence electrons. The van der Waals surface area contributed by atoms with E-state index in [4.69, 9.17) is 0 Å². The van der Waals surface area contributed by atoms with Gasteiger partial charge in [0.2, 0.25) is 0 Å². The van der Waals surface area contributed by atoms with Crippen LogP contribution in [0.1, 0.15) is 27.7 Å². The first-order valence-electron chi connectivity index (χ1n) is 4.82. The fourth-order valence-corrected chi connectivity index (χ4v) is 2.37. The quantitative estimate of drug-likeness (QED) is 0.548. The third-order valence-corrected chi connectivity index (χ3v) is 3.94. The van der Waals surface area contributed by atoms with Crippen molar-refractivity contribution in [3.8, 4) is 0 Å². The fourth-order valence-electron chi connectivity index (χ4n) is 2.37. The van der Waals surface area contributed by atoms with Gasteiger partial charge in [-0.3, -0.25) is 9.59 Å². The van der Waals surface area contributed by atoms with Gasteiger partial charge in [-0.1, -0.05) is 27.7 Å². The fraction of sp³-hybridized carbons (Fsp3) is 0.500. The lowest BCUT2D eigenvalue weighted by Gasteiger charge is -2.54. The Morgan fingerprint density at radius 3 is 1.36 bits per heavy atom. The van der Waals surface area contributed by atoms with Gasteiger partial charge >= 0.3 is 0 Å². The molecule has 0 bridgehead atoms. The molecule has 2 rings (SSSR count). The zero-order valence-corrected chi connectivity index (χ0v) is 8.97. The highest BCUT2D eigenvalue weighted by atomic mass is 16.1. The van der Waals surface area contributed by atoms with Gasteiger partial charge in [0.25, 0.3) is 0 Å². The Morgan fingerprint density at radius 1 is 0.786 bits per heavy atom. The lowest BCUT2D eigenvalue weighted by molar-refractivity contribution is -0.120. The molecule has 2 aliphatic carbocycles. The highest BCUT2D eigenvalue weighted by molar-refractivity contribution is 6.23. The van der Waals surface area contributed by atoms with Gasteiger partial charge in [-0.25, -0.2) is 0 Å². The van der Waals surface area contributed by atoms with Crippen molar-refractivity contribution in [1.82, 2.24) is 0 Å². The summed E-state index contributed by atoms with van der Waals surface area (Å²) in [6.45, 7) is 8.10. The summed E-state index contributed by atoms with van der Waals surface area (Å²) < 4.78 is 0. The van der Waals surface area contributed by atoms with Crippen molar-refractivity contribution in [2.45, 2.75) is 27.7 Å². The largest absolute Gasteiger partial charge is 0.290 e. The molecule has 2 nitrogen and oxygen atoms in total. The highest BCUT2D eigenvalue weighted by Crippen LogP contribution is 2.61. The van der Waals surface area contributed by atoms with E-state index in [1.165, 1.54) is 12.2 Å². The van der Waals surface area contributed by atoms with E-state index < -0.39 is 0 Å². The van der Waals surface area contributed by atoms with Crippen LogP contribution in [-0.4, -0.2) is 11.6 Å². The number of carbonyl (C=O) groups is 2. The molecule has 0 spiro atoms. The predicted molar refractivity (Wildman–Crippen MR) is 53.7 cm³/mol. The van der Waals surface area contributed by atoms with Gasteiger partial charge in [0.05, 0.1) is 0 Å². The first-order valence-corrected chi connectivity index (χ1v) is 4.82. The van der Waals surface area contributed by atoms with Crippen molar-refractivity contribution in [2.75, 3.05) is 0 Å². The summed E-state index contributed by atoms with van der Waals surface area (Å²) in [6, 6.07) is 0. The summed E-state index contributed by atoms with van der Waals surface area (Å²) in [4.78, 5) is 23.2. The molecule has 0 aromatic heterocycles. The number of ketones is 2. The zero-order valence-electron chi connectivity index (χ0n) is 8.97. The second kappa shape index (κ2) is 2.25. The van der Waals surface area contributed by atoms with Crippen LogP contribution >= 0.6 is 0 Å². The molecule has 0 heterocycles. The lowest BCUT2D eigenvalue weighted by atomic mass is 9.47. The molecular weight excluding hydrogens is 176 g/mol. The van der Waals surface area contributed by atoms with E-state index in [1.807, 2.05) is 27.7 Å². The molecule has 0 aliphatic heterocycles. The van der Waals surface area contributed by atoms with Crippen molar-refractivity contribution in [3.05, 3.63) is 23.3 Å². The summed E-state index contributed by atoms with van der Waals surface area (Å²) in [5, 5.41) is 0. The van der Waals surface area contributed by atoms with Crippen molar-refractivity contribution < 1.29 is 9.59 Å². The number of carbonyl (C=O) groups excluding carboxylic acids is 2. The minimum Gasteiger partial charge on any atom is -0.290 e. The highest BCUT2D eigenvalue weighted by Gasteiger charge is 2.57. The molecule has 0 amide bonds. The molecule has 0 saturated carbocycles. The number of hydrogen-bond donors (Lipinski definition) is 0. The summed E-state index contributed by atoms with van der Waals surface area (Å²) in [5.74, 6) is 0.00727. The predicted octanol–water partition coefficient (Wildman–Crippen LogP) is 2.06. The van der Waals surface area contributed by atoms with E-state index in [9.17, 15) is 9.59 Å². The normalized spacial score (nSPS) is 27.4. The van der Waals surface area contributed by atoms with Crippen LogP contribution in [-0.2, 0) is 9.59 Å². The van der Waals surface area contributed by atoms with Crippen LogP contribution in [0.15, 0.2) is 23.3 Å². The van der Waals surface area contributed by atoms with Crippen LogP contribution in [0.5, 0.6) is 0 Å². The molecule has 0 aromatic rings. The summed E-state index contributed by atoms with van der Waals surface area (Å²) in [5.41, 5.74) is 1.07. The second-order valence-corrected chi connectivity index (χ2v) is 5.06. The summed E-state index contributed by atoms with van der Waals surface area (Å²) >= 11 is 0. The van der Waals surface area contributed by atoms with Crippen LogP contribution in [0.2, 0.25) is 0 Å². The van der Waals surface area contributed by atoms with E-state index in [2.05, 4.69) is 0 Å². The molecule has 0 unspecified atom stereocenters. The molecule has 2 heteroatoms. The standard InChI is InChI=1S/C12H14O2/c1-11(2)9-7(13)5-6-8(14)10(9)12(11,3)4/h5-6H,1-4H3. The van der Waals surface area contributed by atoms with Gasteiger partial charge < -0.3 is 0 Å². The monoisotopic (exact) mass is 190 g/mol. The molecule has 0 radical (unpaired) electrons. The molecule has 0 aromatic carbocycles. The lowest BCUT2D eigenvalue weighted by Crippen LogP contribution is -2.52. The first kappa shape index (κ1) is 9.38. The third kappa shape index (κ3) is 0.770. The molecule has 14 heavy (non-hydrogen) atoms. The Kier molecular flexibility index (Phi) is 1.50. The number of hydrogen-bond acceptors (Lipinski definition) is 2. The molecule has 0 atom stereocenters. The third-order valence-electron chi connectivity index (χ3n) is 3.94. The minimum absolute atomic E-state index is 0.00363. The van der Waals surface area contributed by atoms with Gasteiger partial charge in [-0.05, 0) is 12.2 Å². The molecular formula is C12H14O2. The van der Waals surface area contributed by atoms with Gasteiger partial charge in [0.15, 0.2) is 11.6 Å². The van der Waals surface area contributed by atoms with Gasteiger partial charge in [-0.2, -0.15) is 0 Å². The van der Waals surface area contributed by atoms with E-state index in [0.717, 1.165) is 11.1 Å². The van der Waals surface area contributed by atoms with Crippen LogP contribution in [0.4, 0.5) is 0 Å². The van der Waals surface area contributed by atoms with E-state index in [1.54, 1.807) is 0 Å². The molecule has 2 aliphatic rings. The summed E-state index contributed by atoms with van der Waals surface area (Å²) in [7, 11) is 0. The smallest absolute Gasteiger partial charge is 0.182 e. The first-order chi connectivity index (χ1) is 6.30. The van der Waals surface area contributed by atoms with E-state index >= 15 is 0 Å². The minimum atomic E-state index is -0.181. The Morgan fingerprint density at radius 2 is 1.07 bits per heavy atom. The maximum Gasteiger partial charge on any atom is 0.182 e. The van der Waals surface area contributed by atoms with Crippen LogP contribution in [0.3, 0.4) is 0 Å². The van der Waals surface area contributed by atoms with Crippen molar-refractivity contribution in [2.24, 2.45) is 10.8 Å². The Labute approximate surface area is 83.7 Å². The Hall–Kier alpha value is -1.18. The van der Waals surface area contributed by atoms with Crippen LogP contribution < -0.4 is 0 Å². The second-order valence-electron chi connectivity index (χ2n) is 5.06. The zero-order chi connectivity index (χ0) is 10.7. The SMILES string of the molecule is CC1(C)C2=C(C(=O)C=CC2=O)C1(C)C. The maximum absolute atomic E-state index is 11.6. The Balaban J connectivity index is 2.64. The number of rotatable bonds is 0. The van der Waals surface area contributed by atoms with Crippen LogP contribution in [0, 0.1) is 10.8 Å². The topological polar surface area (TPSA) is 34.1 Å². The van der Waals surface area contributed by atoms with Crippen molar-refractivity contribution in [3.63, 3.8) is 0 Å². The molecule has 0 fully saturated rings. The average Bonchev–Trinajstić information content (AvgIpc) is 2.07. The molecule has 0 N–H and O–H groups in total. The van der Waals surface area contributed by atoms with E-state index in [0.29, 0.717) is 0 Å². The summed E-state index contributed by atoms with van der Waals surface area (Å²) in [6.07, 6.45) is 2.77. The van der Waals surface area contributed by atoms with Crippen molar-refractivity contribution >= 4 is 11.6 Å².